The average Bonchev–Trinajstić information content (AvgIpc) is 2.53. The summed E-state index contributed by atoms with van der Waals surface area (Å²) in [5.41, 5.74) is 2.39. The lowest BCUT2D eigenvalue weighted by molar-refractivity contribution is 0.237. The molecule has 0 saturated heterocycles. The van der Waals surface area contributed by atoms with Gasteiger partial charge >= 0.3 is 6.03 Å². The van der Waals surface area contributed by atoms with Crippen molar-refractivity contribution in [2.24, 2.45) is 0 Å². The zero-order chi connectivity index (χ0) is 17.6. The van der Waals surface area contributed by atoms with Gasteiger partial charge in [0.15, 0.2) is 0 Å². The van der Waals surface area contributed by atoms with Crippen molar-refractivity contribution < 1.29 is 13.2 Å². The van der Waals surface area contributed by atoms with E-state index in [9.17, 15) is 13.2 Å². The molecule has 2 amide bonds. The maximum absolute atomic E-state index is 11.9. The first kappa shape index (κ1) is 17.8. The van der Waals surface area contributed by atoms with Crippen molar-refractivity contribution in [2.75, 3.05) is 11.0 Å². The molecule has 7 heteroatoms. The molecule has 0 aromatic heterocycles. The number of hydrogen-bond donors (Lipinski definition) is 3. The minimum Gasteiger partial charge on any atom is -0.334 e. The Kier molecular flexibility index (Phi) is 5.81. The first-order valence-corrected chi connectivity index (χ1v) is 9.39. The number of carbonyl (C=O) groups excluding carboxylic acids is 1. The summed E-state index contributed by atoms with van der Waals surface area (Å²) in [4.78, 5) is 11.9. The predicted octanol–water partition coefficient (Wildman–Crippen LogP) is 2.62. The fraction of sp³-hybridized carbons (Fsp3) is 0.235. The van der Waals surface area contributed by atoms with Gasteiger partial charge in [0.2, 0.25) is 10.0 Å². The highest BCUT2D eigenvalue weighted by Gasteiger charge is 2.10. The highest BCUT2D eigenvalue weighted by molar-refractivity contribution is 7.92. The van der Waals surface area contributed by atoms with Gasteiger partial charge in [0.1, 0.15) is 0 Å². The van der Waals surface area contributed by atoms with E-state index < -0.39 is 10.0 Å². The Labute approximate surface area is 142 Å². The van der Waals surface area contributed by atoms with Gasteiger partial charge in [-0.25, -0.2) is 13.2 Å². The van der Waals surface area contributed by atoms with Crippen LogP contribution in [0.3, 0.4) is 0 Å². The van der Waals surface area contributed by atoms with Gasteiger partial charge in [-0.05, 0) is 30.2 Å². The Hall–Kier alpha value is -2.54. The van der Waals surface area contributed by atoms with E-state index in [1.807, 2.05) is 37.3 Å². The van der Waals surface area contributed by atoms with Crippen LogP contribution >= 0.6 is 0 Å². The van der Waals surface area contributed by atoms with Crippen LogP contribution in [-0.2, 0) is 16.6 Å². The summed E-state index contributed by atoms with van der Waals surface area (Å²) >= 11 is 0. The largest absolute Gasteiger partial charge is 0.334 e. The number of amides is 2. The summed E-state index contributed by atoms with van der Waals surface area (Å²) in [6, 6.07) is 16.1. The molecule has 2 rings (SSSR count). The lowest BCUT2D eigenvalue weighted by Gasteiger charge is -2.15. The summed E-state index contributed by atoms with van der Waals surface area (Å²) in [6.45, 7) is 2.32. The number of benzene rings is 2. The first-order chi connectivity index (χ1) is 11.3. The second-order valence-corrected chi connectivity index (χ2v) is 7.28. The number of urea groups is 1. The molecule has 0 fully saturated rings. The highest BCUT2D eigenvalue weighted by Crippen LogP contribution is 2.16. The number of hydrogen-bond acceptors (Lipinski definition) is 3. The highest BCUT2D eigenvalue weighted by atomic mass is 32.2. The molecular weight excluding hydrogens is 326 g/mol. The van der Waals surface area contributed by atoms with Gasteiger partial charge < -0.3 is 10.6 Å². The van der Waals surface area contributed by atoms with Crippen LogP contribution in [0, 0.1) is 0 Å². The van der Waals surface area contributed by atoms with Crippen molar-refractivity contribution in [1.29, 1.82) is 0 Å². The summed E-state index contributed by atoms with van der Waals surface area (Å²) in [7, 11) is -3.29. The number of rotatable bonds is 6. The van der Waals surface area contributed by atoms with E-state index >= 15 is 0 Å². The molecule has 3 N–H and O–H groups in total. The molecule has 0 unspecified atom stereocenters. The molecule has 0 saturated carbocycles. The summed E-state index contributed by atoms with van der Waals surface area (Å²) < 4.78 is 24.8. The molecule has 0 aliphatic rings. The number of sulfonamides is 1. The van der Waals surface area contributed by atoms with E-state index in [0.29, 0.717) is 12.2 Å². The fourth-order valence-corrected chi connectivity index (χ4v) is 2.73. The Morgan fingerprint density at radius 1 is 1.04 bits per heavy atom. The molecule has 6 nitrogen and oxygen atoms in total. The van der Waals surface area contributed by atoms with Gasteiger partial charge in [-0.3, -0.25) is 4.72 Å². The third kappa shape index (κ3) is 5.92. The van der Waals surface area contributed by atoms with Gasteiger partial charge in [-0.2, -0.15) is 0 Å². The fourth-order valence-electron chi connectivity index (χ4n) is 2.16. The predicted molar refractivity (Wildman–Crippen MR) is 95.1 cm³/mol. The van der Waals surface area contributed by atoms with Crippen LogP contribution in [0.4, 0.5) is 10.5 Å². The number of carbonyl (C=O) groups is 1. The number of nitrogens with one attached hydrogen (secondary N) is 3. The Morgan fingerprint density at radius 3 is 2.25 bits per heavy atom. The second kappa shape index (κ2) is 7.83. The van der Waals surface area contributed by atoms with Gasteiger partial charge in [0.05, 0.1) is 12.3 Å². The molecule has 0 spiro atoms. The van der Waals surface area contributed by atoms with Crippen molar-refractivity contribution in [1.82, 2.24) is 10.6 Å². The van der Waals surface area contributed by atoms with Crippen LogP contribution in [0.25, 0.3) is 0 Å². The third-order valence-corrected chi connectivity index (χ3v) is 3.96. The Bertz CT molecular complexity index is 774. The zero-order valence-electron chi connectivity index (χ0n) is 13.6. The molecule has 1 atom stereocenters. The van der Waals surface area contributed by atoms with Crippen molar-refractivity contribution in [3.8, 4) is 0 Å². The minimum atomic E-state index is -3.29. The standard InChI is InChI=1S/C17H21N3O3S/c1-13(15-8-10-16(11-9-15)20-24(2,22)23)19-17(21)18-12-14-6-4-3-5-7-14/h3-11,13,20H,12H2,1-2H3,(H2,18,19,21)/t13-/m0/s1. The SMILES string of the molecule is C[C@H](NC(=O)NCc1ccccc1)c1ccc(NS(C)(=O)=O)cc1. The quantitative estimate of drug-likeness (QED) is 0.751. The minimum absolute atomic E-state index is 0.201. The van der Waals surface area contributed by atoms with E-state index in [2.05, 4.69) is 15.4 Å². The van der Waals surface area contributed by atoms with Crippen molar-refractivity contribution in [3.05, 3.63) is 65.7 Å². The van der Waals surface area contributed by atoms with Gasteiger partial charge in [0.25, 0.3) is 0 Å². The van der Waals surface area contributed by atoms with Gasteiger partial charge in [-0.1, -0.05) is 42.5 Å². The van der Waals surface area contributed by atoms with Crippen molar-refractivity contribution in [2.45, 2.75) is 19.5 Å². The molecule has 2 aromatic carbocycles. The van der Waals surface area contributed by atoms with Gasteiger partial charge in [0, 0.05) is 12.2 Å². The summed E-state index contributed by atoms with van der Waals surface area (Å²) in [6.07, 6.45) is 1.10. The molecule has 0 radical (unpaired) electrons. The second-order valence-electron chi connectivity index (χ2n) is 5.53. The lowest BCUT2D eigenvalue weighted by Crippen LogP contribution is -2.36. The van der Waals surface area contributed by atoms with E-state index in [1.54, 1.807) is 24.3 Å². The Balaban J connectivity index is 1.87. The van der Waals surface area contributed by atoms with Crippen LogP contribution in [0.5, 0.6) is 0 Å². The molecule has 128 valence electrons. The van der Waals surface area contributed by atoms with Crippen LogP contribution in [0.1, 0.15) is 24.1 Å². The molecule has 24 heavy (non-hydrogen) atoms. The van der Waals surface area contributed by atoms with Gasteiger partial charge in [-0.15, -0.1) is 0 Å². The lowest BCUT2D eigenvalue weighted by atomic mass is 10.1. The molecule has 0 bridgehead atoms. The molecular formula is C17H21N3O3S. The van der Waals surface area contributed by atoms with Crippen molar-refractivity contribution in [3.63, 3.8) is 0 Å². The van der Waals surface area contributed by atoms with Crippen LogP contribution < -0.4 is 15.4 Å². The molecule has 0 heterocycles. The zero-order valence-corrected chi connectivity index (χ0v) is 14.4. The normalized spacial score (nSPS) is 12.2. The summed E-state index contributed by atoms with van der Waals surface area (Å²) in [5.74, 6) is 0. The molecule has 0 aliphatic carbocycles. The van der Waals surface area contributed by atoms with Crippen LogP contribution in [-0.4, -0.2) is 20.7 Å². The average molecular weight is 347 g/mol. The first-order valence-electron chi connectivity index (χ1n) is 7.49. The number of anilines is 1. The maximum Gasteiger partial charge on any atom is 0.315 e. The molecule has 0 aliphatic heterocycles. The van der Waals surface area contributed by atoms with Crippen molar-refractivity contribution >= 4 is 21.7 Å². The third-order valence-electron chi connectivity index (χ3n) is 3.36. The topological polar surface area (TPSA) is 87.3 Å². The van der Waals surface area contributed by atoms with E-state index in [-0.39, 0.29) is 12.1 Å². The van der Waals surface area contributed by atoms with E-state index in [0.717, 1.165) is 17.4 Å². The molecule has 2 aromatic rings. The summed E-state index contributed by atoms with van der Waals surface area (Å²) in [5, 5.41) is 5.65. The Morgan fingerprint density at radius 2 is 1.67 bits per heavy atom. The maximum atomic E-state index is 11.9. The smallest absolute Gasteiger partial charge is 0.315 e. The van der Waals surface area contributed by atoms with Crippen LogP contribution in [0.15, 0.2) is 54.6 Å². The van der Waals surface area contributed by atoms with E-state index in [1.165, 1.54) is 0 Å². The van der Waals surface area contributed by atoms with E-state index in [4.69, 9.17) is 0 Å². The van der Waals surface area contributed by atoms with Crippen LogP contribution in [0.2, 0.25) is 0 Å². The monoisotopic (exact) mass is 347 g/mol.